The molecule has 0 spiro atoms. The summed E-state index contributed by atoms with van der Waals surface area (Å²) in [4.78, 5) is 8.77. The zero-order valence-corrected chi connectivity index (χ0v) is 13.6. The van der Waals surface area contributed by atoms with E-state index in [0.717, 1.165) is 22.6 Å². The van der Waals surface area contributed by atoms with Gasteiger partial charge in [0.25, 0.3) is 5.78 Å². The highest BCUT2D eigenvalue weighted by Crippen LogP contribution is 2.29. The van der Waals surface area contributed by atoms with E-state index in [2.05, 4.69) is 15.1 Å². The Morgan fingerprint density at radius 2 is 1.84 bits per heavy atom. The van der Waals surface area contributed by atoms with Crippen molar-refractivity contribution in [3.8, 4) is 17.0 Å². The van der Waals surface area contributed by atoms with Gasteiger partial charge in [0.1, 0.15) is 11.6 Å². The molecule has 25 heavy (non-hydrogen) atoms. The lowest BCUT2D eigenvalue weighted by molar-refractivity contribution is 0.416. The second-order valence-electron chi connectivity index (χ2n) is 5.57. The average molecular weight is 334 g/mol. The Balaban J connectivity index is 1.77. The van der Waals surface area contributed by atoms with E-state index in [1.54, 1.807) is 30.0 Å². The van der Waals surface area contributed by atoms with E-state index in [1.807, 2.05) is 30.3 Å². The van der Waals surface area contributed by atoms with Crippen molar-refractivity contribution in [3.05, 3.63) is 78.0 Å². The lowest BCUT2D eigenvalue weighted by atomic mass is 10.1. The summed E-state index contributed by atoms with van der Waals surface area (Å²) in [6.45, 7) is 0. The Kier molecular flexibility index (Phi) is 3.85. The fraction of sp³-hybridized carbons (Fsp3) is 0.105. The van der Waals surface area contributed by atoms with Crippen molar-refractivity contribution in [2.24, 2.45) is 0 Å². The highest BCUT2D eigenvalue weighted by Gasteiger charge is 2.13. The smallest absolute Gasteiger partial charge is 0.252 e. The summed E-state index contributed by atoms with van der Waals surface area (Å²) >= 11 is 0. The number of benzene rings is 2. The van der Waals surface area contributed by atoms with Gasteiger partial charge < -0.3 is 4.74 Å². The van der Waals surface area contributed by atoms with Gasteiger partial charge in [-0.05, 0) is 35.9 Å². The first kappa shape index (κ1) is 15.3. The van der Waals surface area contributed by atoms with Gasteiger partial charge >= 0.3 is 0 Å². The van der Waals surface area contributed by atoms with E-state index >= 15 is 0 Å². The first-order valence-electron chi connectivity index (χ1n) is 7.83. The standard InChI is InChI=1S/C19H15FN4O/c1-25-17-5-3-2-4-15(17)16-10-11-21-19-22-18(23-24(16)19)12-13-6-8-14(20)9-7-13/h2-11H,12H2,1H3. The second kappa shape index (κ2) is 6.32. The molecule has 4 rings (SSSR count). The van der Waals surface area contributed by atoms with Gasteiger partial charge in [-0.1, -0.05) is 24.3 Å². The van der Waals surface area contributed by atoms with E-state index in [0.29, 0.717) is 18.0 Å². The third-order valence-electron chi connectivity index (χ3n) is 3.94. The first-order valence-corrected chi connectivity index (χ1v) is 7.83. The van der Waals surface area contributed by atoms with Crippen LogP contribution in [0.1, 0.15) is 11.4 Å². The molecule has 6 heteroatoms. The minimum absolute atomic E-state index is 0.258. The summed E-state index contributed by atoms with van der Waals surface area (Å²) in [6, 6.07) is 15.9. The summed E-state index contributed by atoms with van der Waals surface area (Å²) in [5.41, 5.74) is 2.70. The van der Waals surface area contributed by atoms with Crippen LogP contribution in [0.25, 0.3) is 17.0 Å². The molecule has 0 bridgehead atoms. The quantitative estimate of drug-likeness (QED) is 0.573. The highest BCUT2D eigenvalue weighted by atomic mass is 19.1. The normalized spacial score (nSPS) is 11.0. The zero-order chi connectivity index (χ0) is 17.2. The highest BCUT2D eigenvalue weighted by molar-refractivity contribution is 5.68. The van der Waals surface area contributed by atoms with Gasteiger partial charge in [0.2, 0.25) is 0 Å². The SMILES string of the molecule is COc1ccccc1-c1ccnc2nc(Cc3ccc(F)cc3)nn12. The predicted octanol–water partition coefficient (Wildman–Crippen LogP) is 3.53. The van der Waals surface area contributed by atoms with Crippen molar-refractivity contribution >= 4 is 5.78 Å². The second-order valence-corrected chi connectivity index (χ2v) is 5.57. The van der Waals surface area contributed by atoms with Crippen LogP contribution in [0.5, 0.6) is 5.75 Å². The van der Waals surface area contributed by atoms with Crippen LogP contribution in [0.4, 0.5) is 4.39 Å². The number of methoxy groups -OCH3 is 1. The Morgan fingerprint density at radius 1 is 1.04 bits per heavy atom. The van der Waals surface area contributed by atoms with Crippen LogP contribution in [0.2, 0.25) is 0 Å². The molecule has 0 aliphatic carbocycles. The van der Waals surface area contributed by atoms with Crippen molar-refractivity contribution in [2.75, 3.05) is 7.11 Å². The number of hydrogen-bond donors (Lipinski definition) is 0. The van der Waals surface area contributed by atoms with Crippen molar-refractivity contribution < 1.29 is 9.13 Å². The average Bonchev–Trinajstić information content (AvgIpc) is 3.06. The Labute approximate surface area is 143 Å². The molecule has 124 valence electrons. The van der Waals surface area contributed by atoms with Gasteiger partial charge in [0.05, 0.1) is 12.8 Å². The van der Waals surface area contributed by atoms with E-state index in [4.69, 9.17) is 4.74 Å². The molecule has 4 aromatic rings. The number of hydrogen-bond acceptors (Lipinski definition) is 4. The number of fused-ring (bicyclic) bond motifs is 1. The van der Waals surface area contributed by atoms with Crippen LogP contribution in [-0.4, -0.2) is 26.7 Å². The van der Waals surface area contributed by atoms with Crippen molar-refractivity contribution in [2.45, 2.75) is 6.42 Å². The third-order valence-corrected chi connectivity index (χ3v) is 3.94. The molecule has 0 N–H and O–H groups in total. The van der Waals surface area contributed by atoms with Gasteiger partial charge in [-0.25, -0.2) is 9.37 Å². The predicted molar refractivity (Wildman–Crippen MR) is 92.0 cm³/mol. The number of rotatable bonds is 4. The summed E-state index contributed by atoms with van der Waals surface area (Å²) < 4.78 is 20.2. The number of halogens is 1. The molecular formula is C19H15FN4O. The fourth-order valence-electron chi connectivity index (χ4n) is 2.76. The fourth-order valence-corrected chi connectivity index (χ4v) is 2.76. The summed E-state index contributed by atoms with van der Waals surface area (Å²) in [5.74, 6) is 1.64. The molecule has 0 amide bonds. The van der Waals surface area contributed by atoms with Crippen LogP contribution in [0.3, 0.4) is 0 Å². The molecule has 5 nitrogen and oxygen atoms in total. The lowest BCUT2D eigenvalue weighted by Gasteiger charge is -2.08. The van der Waals surface area contributed by atoms with E-state index < -0.39 is 0 Å². The largest absolute Gasteiger partial charge is 0.496 e. The number of nitrogens with zero attached hydrogens (tertiary/aromatic N) is 4. The molecule has 0 aliphatic heterocycles. The zero-order valence-electron chi connectivity index (χ0n) is 13.6. The lowest BCUT2D eigenvalue weighted by Crippen LogP contribution is -1.98. The molecule has 0 saturated carbocycles. The van der Waals surface area contributed by atoms with Gasteiger partial charge in [-0.15, -0.1) is 5.10 Å². The molecule has 2 aromatic carbocycles. The monoisotopic (exact) mass is 334 g/mol. The Hall–Kier alpha value is -3.28. The van der Waals surface area contributed by atoms with E-state index in [9.17, 15) is 4.39 Å². The van der Waals surface area contributed by atoms with Gasteiger partial charge in [-0.2, -0.15) is 9.50 Å². The van der Waals surface area contributed by atoms with Crippen LogP contribution in [-0.2, 0) is 6.42 Å². The minimum Gasteiger partial charge on any atom is -0.496 e. The molecule has 0 aliphatic rings. The topological polar surface area (TPSA) is 52.3 Å². The van der Waals surface area contributed by atoms with Crippen LogP contribution in [0.15, 0.2) is 60.8 Å². The minimum atomic E-state index is -0.258. The van der Waals surface area contributed by atoms with Gasteiger partial charge in [-0.3, -0.25) is 0 Å². The van der Waals surface area contributed by atoms with E-state index in [-0.39, 0.29) is 5.82 Å². The van der Waals surface area contributed by atoms with Crippen molar-refractivity contribution in [3.63, 3.8) is 0 Å². The van der Waals surface area contributed by atoms with Crippen LogP contribution >= 0.6 is 0 Å². The first-order chi connectivity index (χ1) is 12.2. The maximum atomic E-state index is 13.0. The number of ether oxygens (including phenoxy) is 1. The third kappa shape index (κ3) is 2.94. The summed E-state index contributed by atoms with van der Waals surface area (Å²) in [7, 11) is 1.64. The molecule has 2 heterocycles. The van der Waals surface area contributed by atoms with Gasteiger partial charge in [0.15, 0.2) is 5.82 Å². The molecule has 2 aromatic heterocycles. The van der Waals surface area contributed by atoms with Crippen molar-refractivity contribution in [1.29, 1.82) is 0 Å². The Morgan fingerprint density at radius 3 is 2.64 bits per heavy atom. The molecule has 0 saturated heterocycles. The number of para-hydroxylation sites is 1. The molecule has 0 unspecified atom stereocenters. The van der Waals surface area contributed by atoms with Gasteiger partial charge in [0, 0.05) is 18.2 Å². The maximum absolute atomic E-state index is 13.0. The molecule has 0 atom stereocenters. The Bertz CT molecular complexity index is 1030. The summed E-state index contributed by atoms with van der Waals surface area (Å²) in [5, 5.41) is 4.58. The molecular weight excluding hydrogens is 319 g/mol. The van der Waals surface area contributed by atoms with E-state index in [1.165, 1.54) is 12.1 Å². The number of aromatic nitrogens is 4. The van der Waals surface area contributed by atoms with Crippen LogP contribution in [0, 0.1) is 5.82 Å². The van der Waals surface area contributed by atoms with Crippen LogP contribution < -0.4 is 4.74 Å². The van der Waals surface area contributed by atoms with Crippen molar-refractivity contribution in [1.82, 2.24) is 19.6 Å². The summed E-state index contributed by atoms with van der Waals surface area (Å²) in [6.07, 6.45) is 2.21. The molecule has 0 fully saturated rings. The maximum Gasteiger partial charge on any atom is 0.252 e. The molecule has 0 radical (unpaired) electrons.